The molecule has 0 saturated carbocycles. The maximum absolute atomic E-state index is 10.6. The minimum atomic E-state index is -0.954. The van der Waals surface area contributed by atoms with Gasteiger partial charge in [0.25, 0.3) is 0 Å². The number of rotatable bonds is 5. The van der Waals surface area contributed by atoms with Crippen LogP contribution in [0.2, 0.25) is 0 Å². The standard InChI is InChI=1S/C32H33BO2/c1-7-8-14-22-21(2)32(25-17-11-9-15-23(22)25)26-18-12-10-16-24(26)29-27(32)19-13-20-28(29)33-35-31(5,6)30(3,4)34/h1,8-20,24,26,33-34H,2-6H3/b14-8-. The zero-order valence-electron chi connectivity index (χ0n) is 21.3. The summed E-state index contributed by atoms with van der Waals surface area (Å²) < 4.78 is 6.37. The van der Waals surface area contributed by atoms with Crippen molar-refractivity contribution in [2.24, 2.45) is 5.92 Å². The van der Waals surface area contributed by atoms with Crippen LogP contribution in [0.25, 0.3) is 5.57 Å². The molecule has 3 aliphatic carbocycles. The summed E-state index contributed by atoms with van der Waals surface area (Å²) in [5, 5.41) is 10.6. The second-order valence-corrected chi connectivity index (χ2v) is 11.0. The van der Waals surface area contributed by atoms with Gasteiger partial charge in [-0.1, -0.05) is 72.7 Å². The molecule has 176 valence electrons. The molecule has 0 amide bonds. The molecule has 35 heavy (non-hydrogen) atoms. The average molecular weight is 460 g/mol. The second-order valence-electron chi connectivity index (χ2n) is 11.0. The lowest BCUT2D eigenvalue weighted by molar-refractivity contribution is -0.0893. The van der Waals surface area contributed by atoms with E-state index in [1.54, 1.807) is 13.8 Å². The third kappa shape index (κ3) is 3.35. The summed E-state index contributed by atoms with van der Waals surface area (Å²) in [4.78, 5) is 0. The zero-order chi connectivity index (χ0) is 25.0. The molecule has 3 unspecified atom stereocenters. The van der Waals surface area contributed by atoms with E-state index in [0.717, 1.165) is 0 Å². The summed E-state index contributed by atoms with van der Waals surface area (Å²) >= 11 is 0. The summed E-state index contributed by atoms with van der Waals surface area (Å²) in [7, 11) is 0.450. The molecule has 2 aromatic carbocycles. The van der Waals surface area contributed by atoms with Crippen molar-refractivity contribution >= 4 is 18.5 Å². The van der Waals surface area contributed by atoms with Gasteiger partial charge in [-0.2, -0.15) is 0 Å². The van der Waals surface area contributed by atoms with E-state index < -0.39 is 11.2 Å². The molecule has 0 bridgehead atoms. The van der Waals surface area contributed by atoms with Gasteiger partial charge in [0.15, 0.2) is 0 Å². The first-order valence-corrected chi connectivity index (χ1v) is 12.4. The minimum Gasteiger partial charge on any atom is -0.427 e. The van der Waals surface area contributed by atoms with E-state index in [1.165, 1.54) is 38.9 Å². The van der Waals surface area contributed by atoms with Crippen LogP contribution in [0.15, 0.2) is 84.5 Å². The summed E-state index contributed by atoms with van der Waals surface area (Å²) in [5.74, 6) is 3.19. The summed E-state index contributed by atoms with van der Waals surface area (Å²) in [5.41, 5.74) is 7.15. The third-order valence-electron chi connectivity index (χ3n) is 8.64. The molecule has 1 spiro atoms. The number of aliphatic hydroxyl groups is 1. The highest BCUT2D eigenvalue weighted by atomic mass is 16.5. The van der Waals surface area contributed by atoms with Crippen molar-refractivity contribution < 1.29 is 9.76 Å². The lowest BCUT2D eigenvalue weighted by atomic mass is 9.65. The normalized spacial score (nSPS) is 24.6. The van der Waals surface area contributed by atoms with Gasteiger partial charge in [-0.15, -0.1) is 6.42 Å². The molecule has 0 saturated heterocycles. The van der Waals surface area contributed by atoms with E-state index in [4.69, 9.17) is 11.1 Å². The average Bonchev–Trinajstić information content (AvgIpc) is 3.27. The van der Waals surface area contributed by atoms with Crippen LogP contribution in [-0.4, -0.2) is 23.8 Å². The van der Waals surface area contributed by atoms with Gasteiger partial charge in [-0.25, -0.2) is 0 Å². The fourth-order valence-electron chi connectivity index (χ4n) is 6.19. The Bertz CT molecular complexity index is 1340. The quantitative estimate of drug-likeness (QED) is 0.483. The molecule has 3 atom stereocenters. The monoisotopic (exact) mass is 460 g/mol. The third-order valence-corrected chi connectivity index (χ3v) is 8.64. The fraction of sp³-hybridized carbons (Fsp3) is 0.312. The van der Waals surface area contributed by atoms with Crippen LogP contribution in [0, 0.1) is 18.3 Å². The lowest BCUT2D eigenvalue weighted by Gasteiger charge is -2.38. The van der Waals surface area contributed by atoms with Crippen LogP contribution in [0.5, 0.6) is 0 Å². The van der Waals surface area contributed by atoms with Crippen LogP contribution in [-0.2, 0) is 10.1 Å². The Morgan fingerprint density at radius 2 is 1.74 bits per heavy atom. The molecule has 0 heterocycles. The number of hydrogen-bond donors (Lipinski definition) is 1. The Morgan fingerprint density at radius 3 is 2.49 bits per heavy atom. The fourth-order valence-corrected chi connectivity index (χ4v) is 6.19. The second kappa shape index (κ2) is 8.26. The number of fused-ring (bicyclic) bond motifs is 7. The Kier molecular flexibility index (Phi) is 5.59. The van der Waals surface area contributed by atoms with Crippen LogP contribution >= 0.6 is 0 Å². The van der Waals surface area contributed by atoms with Crippen molar-refractivity contribution in [2.75, 3.05) is 0 Å². The smallest absolute Gasteiger partial charge is 0.309 e. The van der Waals surface area contributed by atoms with E-state index in [2.05, 4.69) is 85.7 Å². The van der Waals surface area contributed by atoms with Gasteiger partial charge in [-0.05, 0) is 85.6 Å². The first-order chi connectivity index (χ1) is 16.6. The summed E-state index contributed by atoms with van der Waals surface area (Å²) in [6.45, 7) is 9.78. The molecule has 3 heteroatoms. The van der Waals surface area contributed by atoms with Gasteiger partial charge in [0.2, 0.25) is 0 Å². The van der Waals surface area contributed by atoms with Crippen molar-refractivity contribution in [3.8, 4) is 12.3 Å². The van der Waals surface area contributed by atoms with Crippen molar-refractivity contribution in [1.82, 2.24) is 0 Å². The van der Waals surface area contributed by atoms with Gasteiger partial charge in [0.1, 0.15) is 0 Å². The van der Waals surface area contributed by atoms with E-state index in [-0.39, 0.29) is 17.3 Å². The Morgan fingerprint density at radius 1 is 1.03 bits per heavy atom. The van der Waals surface area contributed by atoms with Crippen LogP contribution in [0.4, 0.5) is 0 Å². The van der Waals surface area contributed by atoms with E-state index in [0.29, 0.717) is 7.48 Å². The number of terminal acetylenes is 1. The van der Waals surface area contributed by atoms with E-state index in [1.807, 2.05) is 19.9 Å². The van der Waals surface area contributed by atoms with Crippen LogP contribution < -0.4 is 5.46 Å². The Labute approximate surface area is 210 Å². The molecule has 0 aromatic heterocycles. The maximum Gasteiger partial charge on any atom is 0.309 e. The molecule has 2 nitrogen and oxygen atoms in total. The van der Waals surface area contributed by atoms with E-state index >= 15 is 0 Å². The van der Waals surface area contributed by atoms with Crippen molar-refractivity contribution in [1.29, 1.82) is 0 Å². The van der Waals surface area contributed by atoms with Crippen molar-refractivity contribution in [3.05, 3.63) is 107 Å². The highest BCUT2D eigenvalue weighted by Crippen LogP contribution is 2.63. The van der Waals surface area contributed by atoms with Gasteiger partial charge in [0.05, 0.1) is 11.2 Å². The van der Waals surface area contributed by atoms with Crippen molar-refractivity contribution in [3.63, 3.8) is 0 Å². The molecule has 0 fully saturated rings. The number of allylic oxidation sites excluding steroid dienone is 8. The highest BCUT2D eigenvalue weighted by Gasteiger charge is 2.57. The molecule has 1 N–H and O–H groups in total. The maximum atomic E-state index is 10.6. The largest absolute Gasteiger partial charge is 0.427 e. The first kappa shape index (κ1) is 23.7. The first-order valence-electron chi connectivity index (χ1n) is 12.4. The topological polar surface area (TPSA) is 29.5 Å². The van der Waals surface area contributed by atoms with Gasteiger partial charge in [0, 0.05) is 17.3 Å². The van der Waals surface area contributed by atoms with E-state index in [9.17, 15) is 5.11 Å². The van der Waals surface area contributed by atoms with Crippen molar-refractivity contribution in [2.45, 2.75) is 57.2 Å². The van der Waals surface area contributed by atoms with Gasteiger partial charge in [-0.3, -0.25) is 0 Å². The molecular weight excluding hydrogens is 427 g/mol. The predicted octanol–water partition coefficient (Wildman–Crippen LogP) is 5.33. The number of hydrogen-bond acceptors (Lipinski definition) is 2. The van der Waals surface area contributed by atoms with Crippen LogP contribution in [0.3, 0.4) is 0 Å². The molecule has 2 aromatic rings. The molecule has 3 aliphatic rings. The summed E-state index contributed by atoms with van der Waals surface area (Å²) in [6.07, 6.45) is 18.6. The highest BCUT2D eigenvalue weighted by molar-refractivity contribution is 6.48. The van der Waals surface area contributed by atoms with Crippen LogP contribution in [0.1, 0.15) is 62.8 Å². The molecule has 0 aliphatic heterocycles. The predicted molar refractivity (Wildman–Crippen MR) is 147 cm³/mol. The van der Waals surface area contributed by atoms with Gasteiger partial charge >= 0.3 is 7.48 Å². The zero-order valence-corrected chi connectivity index (χ0v) is 21.3. The Balaban J connectivity index is 1.73. The Hall–Kier alpha value is -3.06. The summed E-state index contributed by atoms with van der Waals surface area (Å²) in [6, 6.07) is 15.4. The lowest BCUT2D eigenvalue weighted by Crippen LogP contribution is -2.49. The SMILES string of the molecule is C#C/C=C\C1=C(C)C2(c3ccccc31)c1cccc(BOC(C)(C)C(C)(C)O)c1C1C=CC=CC12. The molecule has 5 rings (SSSR count). The van der Waals surface area contributed by atoms with Gasteiger partial charge < -0.3 is 9.76 Å². The minimum absolute atomic E-state index is 0.249. The number of benzene rings is 2. The molecule has 0 radical (unpaired) electrons. The molecular formula is C32H33BO2.